The summed E-state index contributed by atoms with van der Waals surface area (Å²) >= 11 is 0. The lowest BCUT2D eigenvalue weighted by molar-refractivity contribution is -0.0861. The van der Waals surface area contributed by atoms with Gasteiger partial charge in [-0.2, -0.15) is 5.26 Å². The first-order valence-corrected chi connectivity index (χ1v) is 6.41. The zero-order valence-electron chi connectivity index (χ0n) is 11.3. The van der Waals surface area contributed by atoms with E-state index in [1.807, 2.05) is 0 Å². The van der Waals surface area contributed by atoms with Crippen molar-refractivity contribution in [2.24, 2.45) is 5.73 Å². The van der Waals surface area contributed by atoms with E-state index in [2.05, 4.69) is 24.8 Å². The van der Waals surface area contributed by atoms with Gasteiger partial charge in [-0.1, -0.05) is 0 Å². The van der Waals surface area contributed by atoms with Crippen LogP contribution in [0.15, 0.2) is 0 Å². The number of ether oxygens (including phenoxy) is 1. The summed E-state index contributed by atoms with van der Waals surface area (Å²) < 4.78 is 5.67. The molecule has 98 valence electrons. The molecule has 2 N–H and O–H groups in total. The highest BCUT2D eigenvalue weighted by Crippen LogP contribution is 2.17. The molecule has 0 saturated carbocycles. The number of rotatable bonds is 5. The second-order valence-electron chi connectivity index (χ2n) is 5.87. The van der Waals surface area contributed by atoms with Crippen LogP contribution in [0.2, 0.25) is 0 Å². The van der Waals surface area contributed by atoms with Crippen LogP contribution in [0.1, 0.15) is 40.0 Å². The standard InChI is InChI=1S/C13H25N3O/c1-12(2)11-16(8-9-17-12)7-5-4-6-13(3,15)10-14/h4-9,11,15H2,1-3H3. The number of unbranched alkanes of at least 4 members (excludes halogenated alkanes) is 1. The highest BCUT2D eigenvalue weighted by molar-refractivity contribution is 5.00. The van der Waals surface area contributed by atoms with E-state index in [9.17, 15) is 0 Å². The van der Waals surface area contributed by atoms with E-state index >= 15 is 0 Å². The molecule has 1 fully saturated rings. The zero-order valence-corrected chi connectivity index (χ0v) is 11.3. The third-order valence-electron chi connectivity index (χ3n) is 3.18. The van der Waals surface area contributed by atoms with Gasteiger partial charge in [-0.15, -0.1) is 0 Å². The largest absolute Gasteiger partial charge is 0.373 e. The SMILES string of the molecule is CC(N)(C#N)CCCCN1CCOC(C)(C)C1. The van der Waals surface area contributed by atoms with Crippen molar-refractivity contribution in [3.63, 3.8) is 0 Å². The average Bonchev–Trinajstić information content (AvgIpc) is 2.23. The average molecular weight is 239 g/mol. The van der Waals surface area contributed by atoms with Crippen molar-refractivity contribution < 1.29 is 4.74 Å². The molecule has 1 rings (SSSR count). The fourth-order valence-corrected chi connectivity index (χ4v) is 2.19. The van der Waals surface area contributed by atoms with Crippen molar-refractivity contribution in [3.8, 4) is 6.07 Å². The van der Waals surface area contributed by atoms with E-state index in [4.69, 9.17) is 15.7 Å². The van der Waals surface area contributed by atoms with Gasteiger partial charge in [0.1, 0.15) is 5.54 Å². The third-order valence-corrected chi connectivity index (χ3v) is 3.18. The lowest BCUT2D eigenvalue weighted by atomic mass is 9.98. The Hall–Kier alpha value is -0.630. The van der Waals surface area contributed by atoms with Crippen LogP contribution in [0, 0.1) is 11.3 Å². The van der Waals surface area contributed by atoms with Crippen molar-refractivity contribution >= 4 is 0 Å². The van der Waals surface area contributed by atoms with Crippen LogP contribution in [-0.4, -0.2) is 42.3 Å². The van der Waals surface area contributed by atoms with E-state index in [-0.39, 0.29) is 5.60 Å². The number of hydrogen-bond donors (Lipinski definition) is 1. The molecule has 0 aromatic heterocycles. The predicted octanol–water partition coefficient (Wildman–Crippen LogP) is 1.51. The summed E-state index contributed by atoms with van der Waals surface area (Å²) in [7, 11) is 0. The van der Waals surface area contributed by atoms with Gasteiger partial charge in [-0.3, -0.25) is 4.90 Å². The monoisotopic (exact) mass is 239 g/mol. The van der Waals surface area contributed by atoms with E-state index < -0.39 is 5.54 Å². The van der Waals surface area contributed by atoms with Gasteiger partial charge in [-0.25, -0.2) is 0 Å². The maximum atomic E-state index is 8.81. The highest BCUT2D eigenvalue weighted by Gasteiger charge is 2.26. The molecule has 4 heteroatoms. The Balaban J connectivity index is 2.17. The summed E-state index contributed by atoms with van der Waals surface area (Å²) in [6.45, 7) is 9.96. The van der Waals surface area contributed by atoms with Crippen LogP contribution in [-0.2, 0) is 4.74 Å². The van der Waals surface area contributed by atoms with Crippen LogP contribution in [0.5, 0.6) is 0 Å². The first-order chi connectivity index (χ1) is 7.85. The topological polar surface area (TPSA) is 62.3 Å². The maximum absolute atomic E-state index is 8.81. The van der Waals surface area contributed by atoms with Crippen LogP contribution >= 0.6 is 0 Å². The fraction of sp³-hybridized carbons (Fsp3) is 0.923. The van der Waals surface area contributed by atoms with E-state index in [0.717, 1.165) is 45.5 Å². The van der Waals surface area contributed by atoms with Crippen LogP contribution in [0.3, 0.4) is 0 Å². The molecule has 0 aliphatic carbocycles. The second kappa shape index (κ2) is 5.81. The smallest absolute Gasteiger partial charge is 0.101 e. The zero-order chi connectivity index (χ0) is 12.9. The minimum atomic E-state index is -0.662. The molecule has 1 atom stereocenters. The van der Waals surface area contributed by atoms with Crippen LogP contribution < -0.4 is 5.73 Å². The normalized spacial score (nSPS) is 23.9. The molecule has 0 bridgehead atoms. The van der Waals surface area contributed by atoms with E-state index in [0.29, 0.717) is 0 Å². The quantitative estimate of drug-likeness (QED) is 0.739. The van der Waals surface area contributed by atoms with Gasteiger partial charge >= 0.3 is 0 Å². The maximum Gasteiger partial charge on any atom is 0.101 e. The summed E-state index contributed by atoms with van der Waals surface area (Å²) in [5.41, 5.74) is 5.10. The Morgan fingerprint density at radius 1 is 1.47 bits per heavy atom. The van der Waals surface area contributed by atoms with Crippen molar-refractivity contribution in [1.29, 1.82) is 5.26 Å². The first-order valence-electron chi connectivity index (χ1n) is 6.41. The fourth-order valence-electron chi connectivity index (χ4n) is 2.19. The number of nitrogens with two attached hydrogens (primary N) is 1. The van der Waals surface area contributed by atoms with Crippen LogP contribution in [0.25, 0.3) is 0 Å². The number of nitrogens with zero attached hydrogens (tertiary/aromatic N) is 2. The molecule has 0 spiro atoms. The molecule has 1 heterocycles. The summed E-state index contributed by atoms with van der Waals surface area (Å²) in [4.78, 5) is 2.43. The summed E-state index contributed by atoms with van der Waals surface area (Å²) in [6.07, 6.45) is 2.89. The lowest BCUT2D eigenvalue weighted by Gasteiger charge is -2.38. The summed E-state index contributed by atoms with van der Waals surface area (Å²) in [5.74, 6) is 0. The minimum absolute atomic E-state index is 0.0205. The Morgan fingerprint density at radius 2 is 2.18 bits per heavy atom. The first kappa shape index (κ1) is 14.4. The van der Waals surface area contributed by atoms with E-state index in [1.165, 1.54) is 0 Å². The van der Waals surface area contributed by atoms with Gasteiger partial charge in [0.05, 0.1) is 18.3 Å². The van der Waals surface area contributed by atoms with Gasteiger partial charge in [0.2, 0.25) is 0 Å². The Kier molecular flexibility index (Phi) is 4.93. The van der Waals surface area contributed by atoms with Gasteiger partial charge in [0.15, 0.2) is 0 Å². The lowest BCUT2D eigenvalue weighted by Crippen LogP contribution is -2.48. The number of nitriles is 1. The minimum Gasteiger partial charge on any atom is -0.373 e. The molecule has 0 amide bonds. The Morgan fingerprint density at radius 3 is 2.76 bits per heavy atom. The second-order valence-corrected chi connectivity index (χ2v) is 5.87. The Labute approximate surface area is 105 Å². The Bertz CT molecular complexity index is 281. The molecule has 17 heavy (non-hydrogen) atoms. The van der Waals surface area contributed by atoms with Gasteiger partial charge in [0, 0.05) is 13.1 Å². The molecular formula is C13H25N3O. The molecule has 1 aliphatic rings. The van der Waals surface area contributed by atoms with Crippen molar-refractivity contribution in [1.82, 2.24) is 4.90 Å². The summed E-state index contributed by atoms with van der Waals surface area (Å²) in [5, 5.41) is 8.81. The summed E-state index contributed by atoms with van der Waals surface area (Å²) in [6, 6.07) is 2.14. The molecule has 1 saturated heterocycles. The number of hydrogen-bond acceptors (Lipinski definition) is 4. The molecule has 0 aromatic rings. The third kappa shape index (κ3) is 5.49. The molecule has 1 unspecified atom stereocenters. The van der Waals surface area contributed by atoms with Crippen molar-refractivity contribution in [2.45, 2.75) is 51.2 Å². The molecular weight excluding hydrogens is 214 g/mol. The molecule has 1 aliphatic heterocycles. The predicted molar refractivity (Wildman–Crippen MR) is 68.5 cm³/mol. The van der Waals surface area contributed by atoms with Gasteiger partial charge in [-0.05, 0) is 46.6 Å². The van der Waals surface area contributed by atoms with Crippen LogP contribution in [0.4, 0.5) is 0 Å². The molecule has 0 radical (unpaired) electrons. The highest BCUT2D eigenvalue weighted by atomic mass is 16.5. The van der Waals surface area contributed by atoms with Crippen molar-refractivity contribution in [3.05, 3.63) is 0 Å². The van der Waals surface area contributed by atoms with Gasteiger partial charge < -0.3 is 10.5 Å². The number of morpholine rings is 1. The van der Waals surface area contributed by atoms with Gasteiger partial charge in [0.25, 0.3) is 0 Å². The van der Waals surface area contributed by atoms with Crippen molar-refractivity contribution in [2.75, 3.05) is 26.2 Å². The van der Waals surface area contributed by atoms with E-state index in [1.54, 1.807) is 6.92 Å². The molecule has 4 nitrogen and oxygen atoms in total. The molecule has 0 aromatic carbocycles.